The maximum atomic E-state index is 11.3. The van der Waals surface area contributed by atoms with E-state index in [1.54, 1.807) is 31.2 Å². The van der Waals surface area contributed by atoms with Gasteiger partial charge in [-0.15, -0.1) is 0 Å². The van der Waals surface area contributed by atoms with Gasteiger partial charge in [0.25, 0.3) is 10.1 Å². The third-order valence-corrected chi connectivity index (χ3v) is 3.20. The molecule has 0 aliphatic heterocycles. The van der Waals surface area contributed by atoms with Gasteiger partial charge in [0.15, 0.2) is 0 Å². The Morgan fingerprint density at radius 3 is 2.61 bits per heavy atom. The van der Waals surface area contributed by atoms with E-state index in [-0.39, 0.29) is 0 Å². The van der Waals surface area contributed by atoms with Crippen LogP contribution < -0.4 is 5.32 Å². The van der Waals surface area contributed by atoms with Crippen molar-refractivity contribution in [3.63, 3.8) is 0 Å². The monoisotopic (exact) mass is 269 g/mol. The summed E-state index contributed by atoms with van der Waals surface area (Å²) < 4.78 is 30.9. The molecule has 1 atom stereocenters. The fourth-order valence-corrected chi connectivity index (χ4v) is 2.31. The van der Waals surface area contributed by atoms with Crippen LogP contribution in [0.2, 0.25) is 0 Å². The third-order valence-electron chi connectivity index (χ3n) is 2.44. The van der Waals surface area contributed by atoms with Crippen molar-refractivity contribution in [2.24, 2.45) is 0 Å². The van der Waals surface area contributed by atoms with Crippen molar-refractivity contribution in [2.45, 2.75) is 13.0 Å². The van der Waals surface area contributed by atoms with Crippen LogP contribution in [0.5, 0.6) is 0 Å². The van der Waals surface area contributed by atoms with E-state index in [4.69, 9.17) is 4.55 Å². The Morgan fingerprint density at radius 1 is 1.50 bits per heavy atom. The van der Waals surface area contributed by atoms with Crippen molar-refractivity contribution in [3.8, 4) is 0 Å². The molecule has 1 amide bonds. The lowest BCUT2D eigenvalue weighted by atomic mass is 10.0. The van der Waals surface area contributed by atoms with Gasteiger partial charge in [-0.2, -0.15) is 8.42 Å². The fourth-order valence-electron chi connectivity index (χ4n) is 1.63. The predicted molar refractivity (Wildman–Crippen MR) is 68.7 cm³/mol. The second-order valence-electron chi connectivity index (χ2n) is 3.87. The standard InChI is InChI=1S/C12H15NO4S/c1-3-12(14)13-11(8-18(15,16)17)10-7-5-4-6-9(10)2/h3-7,11H,1,8H2,2H3,(H,13,14)(H,15,16,17). The number of benzene rings is 1. The number of nitrogens with one attached hydrogen (secondary N) is 1. The van der Waals surface area contributed by atoms with Gasteiger partial charge in [-0.3, -0.25) is 9.35 Å². The first-order valence-electron chi connectivity index (χ1n) is 5.27. The summed E-state index contributed by atoms with van der Waals surface area (Å²) in [5, 5.41) is 2.48. The van der Waals surface area contributed by atoms with E-state index in [0.717, 1.165) is 11.6 Å². The molecule has 98 valence electrons. The molecule has 0 saturated heterocycles. The van der Waals surface area contributed by atoms with Crippen molar-refractivity contribution < 1.29 is 17.8 Å². The molecule has 5 nitrogen and oxygen atoms in total. The second kappa shape index (κ2) is 5.79. The van der Waals surface area contributed by atoms with Gasteiger partial charge in [-0.1, -0.05) is 30.8 Å². The molecule has 0 aliphatic rings. The van der Waals surface area contributed by atoms with E-state index >= 15 is 0 Å². The Balaban J connectivity index is 3.08. The molecule has 18 heavy (non-hydrogen) atoms. The van der Waals surface area contributed by atoms with Crippen LogP contribution in [-0.2, 0) is 14.9 Å². The molecule has 0 heterocycles. The highest BCUT2D eigenvalue weighted by Crippen LogP contribution is 2.19. The van der Waals surface area contributed by atoms with E-state index in [0.29, 0.717) is 5.56 Å². The number of rotatable bonds is 5. The number of carbonyl (C=O) groups is 1. The second-order valence-corrected chi connectivity index (χ2v) is 5.37. The van der Waals surface area contributed by atoms with Crippen LogP contribution in [0.25, 0.3) is 0 Å². The highest BCUT2D eigenvalue weighted by atomic mass is 32.2. The van der Waals surface area contributed by atoms with Gasteiger partial charge in [0.05, 0.1) is 11.8 Å². The van der Waals surface area contributed by atoms with Gasteiger partial charge in [0.1, 0.15) is 0 Å². The number of hydrogen-bond acceptors (Lipinski definition) is 3. The molecule has 0 bridgehead atoms. The topological polar surface area (TPSA) is 83.5 Å². The molecular weight excluding hydrogens is 254 g/mol. The molecule has 0 spiro atoms. The molecule has 2 N–H and O–H groups in total. The van der Waals surface area contributed by atoms with Crippen LogP contribution in [0.3, 0.4) is 0 Å². The van der Waals surface area contributed by atoms with E-state index < -0.39 is 27.8 Å². The molecule has 0 aromatic heterocycles. The summed E-state index contributed by atoms with van der Waals surface area (Å²) in [5.74, 6) is -1.07. The molecule has 1 aromatic rings. The van der Waals surface area contributed by atoms with E-state index in [1.165, 1.54) is 0 Å². The summed E-state index contributed by atoms with van der Waals surface area (Å²) in [6.07, 6.45) is 1.05. The highest BCUT2D eigenvalue weighted by Gasteiger charge is 2.21. The van der Waals surface area contributed by atoms with Gasteiger partial charge in [0, 0.05) is 0 Å². The fraction of sp³-hybridized carbons (Fsp3) is 0.250. The minimum atomic E-state index is -4.19. The number of carbonyl (C=O) groups excluding carboxylic acids is 1. The summed E-state index contributed by atoms with van der Waals surface area (Å²) >= 11 is 0. The zero-order valence-corrected chi connectivity index (χ0v) is 10.8. The van der Waals surface area contributed by atoms with Crippen LogP contribution in [0.15, 0.2) is 36.9 Å². The Labute approximate surface area is 106 Å². The zero-order chi connectivity index (χ0) is 13.8. The molecule has 1 rings (SSSR count). The Bertz CT molecular complexity index is 551. The zero-order valence-electron chi connectivity index (χ0n) is 9.96. The maximum absolute atomic E-state index is 11.3. The summed E-state index contributed by atoms with van der Waals surface area (Å²) in [7, 11) is -4.19. The molecule has 1 unspecified atom stereocenters. The van der Waals surface area contributed by atoms with Gasteiger partial charge in [-0.25, -0.2) is 0 Å². The van der Waals surface area contributed by atoms with E-state index in [1.807, 2.05) is 0 Å². The Hall–Kier alpha value is -1.66. The average Bonchev–Trinajstić information content (AvgIpc) is 2.26. The van der Waals surface area contributed by atoms with Gasteiger partial charge < -0.3 is 5.32 Å². The minimum absolute atomic E-state index is 0.494. The highest BCUT2D eigenvalue weighted by molar-refractivity contribution is 7.85. The molecular formula is C12H15NO4S. The smallest absolute Gasteiger partial charge is 0.267 e. The first-order chi connectivity index (χ1) is 8.33. The van der Waals surface area contributed by atoms with Crippen LogP contribution >= 0.6 is 0 Å². The Kier molecular flexibility index (Phi) is 4.63. The predicted octanol–water partition coefficient (Wildman–Crippen LogP) is 1.23. The van der Waals surface area contributed by atoms with Crippen molar-refractivity contribution in [3.05, 3.63) is 48.0 Å². The van der Waals surface area contributed by atoms with E-state index in [9.17, 15) is 13.2 Å². The first-order valence-corrected chi connectivity index (χ1v) is 6.88. The van der Waals surface area contributed by atoms with Crippen molar-refractivity contribution in [1.82, 2.24) is 5.32 Å². The summed E-state index contributed by atoms with van der Waals surface area (Å²) in [6, 6.07) is 6.24. The summed E-state index contributed by atoms with van der Waals surface area (Å²) in [6.45, 7) is 5.10. The van der Waals surface area contributed by atoms with Gasteiger partial charge in [0.2, 0.25) is 5.91 Å². The summed E-state index contributed by atoms with van der Waals surface area (Å²) in [5.41, 5.74) is 1.47. The van der Waals surface area contributed by atoms with Crippen LogP contribution in [0, 0.1) is 6.92 Å². The number of hydrogen-bond donors (Lipinski definition) is 2. The molecule has 6 heteroatoms. The molecule has 0 radical (unpaired) electrons. The van der Waals surface area contributed by atoms with Gasteiger partial charge in [-0.05, 0) is 24.1 Å². The lowest BCUT2D eigenvalue weighted by Gasteiger charge is -2.18. The normalized spacial score (nSPS) is 12.8. The van der Waals surface area contributed by atoms with Crippen molar-refractivity contribution >= 4 is 16.0 Å². The maximum Gasteiger partial charge on any atom is 0.267 e. The number of aryl methyl sites for hydroxylation is 1. The minimum Gasteiger partial charge on any atom is -0.345 e. The van der Waals surface area contributed by atoms with Crippen LogP contribution in [-0.4, -0.2) is 24.6 Å². The number of amides is 1. The Morgan fingerprint density at radius 2 is 2.11 bits per heavy atom. The summed E-state index contributed by atoms with van der Waals surface area (Å²) in [4.78, 5) is 11.3. The van der Waals surface area contributed by atoms with Crippen LogP contribution in [0.1, 0.15) is 17.2 Å². The molecule has 1 aromatic carbocycles. The molecule has 0 aliphatic carbocycles. The third kappa shape index (κ3) is 4.31. The lowest BCUT2D eigenvalue weighted by molar-refractivity contribution is -0.117. The van der Waals surface area contributed by atoms with Crippen molar-refractivity contribution in [1.29, 1.82) is 0 Å². The van der Waals surface area contributed by atoms with E-state index in [2.05, 4.69) is 11.9 Å². The molecule has 0 saturated carbocycles. The lowest BCUT2D eigenvalue weighted by Crippen LogP contribution is -2.32. The van der Waals surface area contributed by atoms with Gasteiger partial charge >= 0.3 is 0 Å². The average molecular weight is 269 g/mol. The quantitative estimate of drug-likeness (QED) is 0.622. The SMILES string of the molecule is C=CC(=O)NC(CS(=O)(=O)O)c1ccccc1C. The first kappa shape index (κ1) is 14.4. The van der Waals surface area contributed by atoms with Crippen molar-refractivity contribution in [2.75, 3.05) is 5.75 Å². The molecule has 0 fully saturated rings. The largest absolute Gasteiger partial charge is 0.345 e. The van der Waals surface area contributed by atoms with Crippen LogP contribution in [0.4, 0.5) is 0 Å².